The molecule has 150 valence electrons. The normalized spacial score (nSPS) is 23.3. The number of carbonyl (C=O) groups excluding carboxylic acids is 1. The molecular formula is C23H37N3O. The number of nitrogens with zero attached hydrogens (tertiary/aromatic N) is 2. The van der Waals surface area contributed by atoms with Gasteiger partial charge in [0.2, 0.25) is 5.91 Å². The Labute approximate surface area is 165 Å². The summed E-state index contributed by atoms with van der Waals surface area (Å²) in [4.78, 5) is 17.5. The van der Waals surface area contributed by atoms with Gasteiger partial charge >= 0.3 is 0 Å². The van der Waals surface area contributed by atoms with Gasteiger partial charge in [0.1, 0.15) is 0 Å². The largest absolute Gasteiger partial charge is 0.354 e. The Balaban J connectivity index is 1.44. The molecule has 3 rings (SSSR count). The van der Waals surface area contributed by atoms with E-state index in [4.69, 9.17) is 0 Å². The zero-order valence-electron chi connectivity index (χ0n) is 17.3. The first-order chi connectivity index (χ1) is 13.1. The highest BCUT2D eigenvalue weighted by Gasteiger charge is 2.34. The number of rotatable bonds is 7. The molecule has 2 fully saturated rings. The molecule has 1 atom stereocenters. The minimum atomic E-state index is 0.154. The third kappa shape index (κ3) is 5.79. The van der Waals surface area contributed by atoms with Crippen LogP contribution in [0.4, 0.5) is 0 Å². The molecule has 0 radical (unpaired) electrons. The van der Waals surface area contributed by atoms with Crippen molar-refractivity contribution in [3.05, 3.63) is 35.9 Å². The molecule has 1 unspecified atom stereocenters. The lowest BCUT2D eigenvalue weighted by Gasteiger charge is -2.39. The highest BCUT2D eigenvalue weighted by Crippen LogP contribution is 2.30. The van der Waals surface area contributed by atoms with Crippen molar-refractivity contribution < 1.29 is 4.79 Å². The number of likely N-dealkylation sites (tertiary alicyclic amines) is 1. The summed E-state index contributed by atoms with van der Waals surface area (Å²) in [6.45, 7) is 3.96. The fraction of sp³-hybridized carbons (Fsp3) is 0.696. The van der Waals surface area contributed by atoms with Crippen LogP contribution in [0, 0.1) is 5.92 Å². The van der Waals surface area contributed by atoms with Crippen LogP contribution in [0.15, 0.2) is 30.3 Å². The molecule has 1 N–H and O–H groups in total. The lowest BCUT2D eigenvalue weighted by molar-refractivity contribution is -0.122. The van der Waals surface area contributed by atoms with Gasteiger partial charge in [0.15, 0.2) is 0 Å². The Morgan fingerprint density at radius 1 is 1.15 bits per heavy atom. The lowest BCUT2D eigenvalue weighted by atomic mass is 9.88. The first-order valence-electron chi connectivity index (χ1n) is 10.8. The predicted octanol–water partition coefficient (Wildman–Crippen LogP) is 3.67. The summed E-state index contributed by atoms with van der Waals surface area (Å²) in [6.07, 6.45) is 9.46. The van der Waals surface area contributed by atoms with Crippen LogP contribution in [0.25, 0.3) is 0 Å². The minimum absolute atomic E-state index is 0.154. The molecule has 2 aliphatic rings. The number of benzene rings is 1. The summed E-state index contributed by atoms with van der Waals surface area (Å²) in [7, 11) is 4.35. The van der Waals surface area contributed by atoms with Gasteiger partial charge in [-0.15, -0.1) is 0 Å². The number of amides is 1. The maximum atomic E-state index is 12.6. The molecule has 0 aromatic heterocycles. The average Bonchev–Trinajstić information content (AvgIpc) is 2.94. The second-order valence-electron chi connectivity index (χ2n) is 8.89. The average molecular weight is 372 g/mol. The topological polar surface area (TPSA) is 35.6 Å². The highest BCUT2D eigenvalue weighted by atomic mass is 16.1. The van der Waals surface area contributed by atoms with Gasteiger partial charge in [-0.1, -0.05) is 56.0 Å². The quantitative estimate of drug-likeness (QED) is 0.743. The molecule has 1 aliphatic heterocycles. The fourth-order valence-corrected chi connectivity index (χ4v) is 4.83. The minimum Gasteiger partial charge on any atom is -0.354 e. The number of carbonyl (C=O) groups is 1. The second-order valence-corrected chi connectivity index (χ2v) is 8.89. The smallest absolute Gasteiger partial charge is 0.220 e. The Hall–Kier alpha value is -1.39. The van der Waals surface area contributed by atoms with Crippen LogP contribution in [0.2, 0.25) is 0 Å². The van der Waals surface area contributed by atoms with Crippen molar-refractivity contribution in [3.63, 3.8) is 0 Å². The van der Waals surface area contributed by atoms with Crippen molar-refractivity contribution in [2.75, 3.05) is 33.7 Å². The van der Waals surface area contributed by atoms with E-state index in [-0.39, 0.29) is 11.4 Å². The van der Waals surface area contributed by atoms with E-state index in [2.05, 4.69) is 59.5 Å². The van der Waals surface area contributed by atoms with E-state index in [1.165, 1.54) is 44.1 Å². The molecular weight excluding hydrogens is 334 g/mol. The van der Waals surface area contributed by atoms with Gasteiger partial charge in [-0.05, 0) is 51.4 Å². The summed E-state index contributed by atoms with van der Waals surface area (Å²) < 4.78 is 0. The second kappa shape index (κ2) is 9.70. The standard InChI is InChI=1S/C23H37N3O/c1-25(2)23(13-8-3-4-9-14-23)19-24-22(27)16-21-12-15-26(18-21)17-20-10-6-5-7-11-20/h5-7,10-11,21H,3-4,8-9,12-19H2,1-2H3,(H,24,27). The summed E-state index contributed by atoms with van der Waals surface area (Å²) in [5.41, 5.74) is 1.52. The monoisotopic (exact) mass is 371 g/mol. The first kappa shape index (κ1) is 20.3. The third-order valence-electron chi connectivity index (χ3n) is 6.69. The van der Waals surface area contributed by atoms with E-state index in [0.29, 0.717) is 12.3 Å². The Morgan fingerprint density at radius 2 is 1.85 bits per heavy atom. The van der Waals surface area contributed by atoms with Crippen LogP contribution >= 0.6 is 0 Å². The predicted molar refractivity (Wildman–Crippen MR) is 112 cm³/mol. The molecule has 1 amide bonds. The molecule has 1 saturated heterocycles. The van der Waals surface area contributed by atoms with Gasteiger partial charge in [-0.2, -0.15) is 0 Å². The summed E-state index contributed by atoms with van der Waals surface area (Å²) in [6, 6.07) is 10.6. The SMILES string of the molecule is CN(C)C1(CNC(=O)CC2CCN(Cc3ccccc3)C2)CCCCCC1. The molecule has 0 bridgehead atoms. The summed E-state index contributed by atoms with van der Waals surface area (Å²) in [5, 5.41) is 3.29. The molecule has 1 aliphatic carbocycles. The maximum absolute atomic E-state index is 12.6. The van der Waals surface area contributed by atoms with Crippen molar-refractivity contribution in [2.45, 2.75) is 63.5 Å². The van der Waals surface area contributed by atoms with Crippen molar-refractivity contribution in [1.29, 1.82) is 0 Å². The molecule has 1 saturated carbocycles. The zero-order valence-corrected chi connectivity index (χ0v) is 17.3. The van der Waals surface area contributed by atoms with E-state index >= 15 is 0 Å². The molecule has 4 nitrogen and oxygen atoms in total. The maximum Gasteiger partial charge on any atom is 0.220 e. The summed E-state index contributed by atoms with van der Waals surface area (Å²) in [5.74, 6) is 0.741. The highest BCUT2D eigenvalue weighted by molar-refractivity contribution is 5.76. The summed E-state index contributed by atoms with van der Waals surface area (Å²) >= 11 is 0. The van der Waals surface area contributed by atoms with Crippen LogP contribution in [-0.4, -0.2) is 55.0 Å². The van der Waals surface area contributed by atoms with Crippen molar-refractivity contribution in [1.82, 2.24) is 15.1 Å². The number of likely N-dealkylation sites (N-methyl/N-ethyl adjacent to an activating group) is 1. The van der Waals surface area contributed by atoms with Gasteiger partial charge in [-0.3, -0.25) is 9.69 Å². The fourth-order valence-electron chi connectivity index (χ4n) is 4.83. The van der Waals surface area contributed by atoms with Crippen LogP contribution < -0.4 is 5.32 Å². The molecule has 1 heterocycles. The molecule has 1 aromatic rings. The van der Waals surface area contributed by atoms with E-state index in [1.807, 2.05) is 0 Å². The number of hydrogen-bond donors (Lipinski definition) is 1. The van der Waals surface area contributed by atoms with Crippen LogP contribution in [0.1, 0.15) is 56.9 Å². The zero-order chi connectivity index (χ0) is 19.1. The van der Waals surface area contributed by atoms with E-state index in [0.717, 1.165) is 32.6 Å². The van der Waals surface area contributed by atoms with Crippen LogP contribution in [-0.2, 0) is 11.3 Å². The van der Waals surface area contributed by atoms with Crippen molar-refractivity contribution >= 4 is 5.91 Å². The van der Waals surface area contributed by atoms with Crippen LogP contribution in [0.3, 0.4) is 0 Å². The van der Waals surface area contributed by atoms with E-state index in [9.17, 15) is 4.79 Å². The Kier molecular flexibility index (Phi) is 7.31. The third-order valence-corrected chi connectivity index (χ3v) is 6.69. The molecule has 0 spiro atoms. The molecule has 4 heteroatoms. The van der Waals surface area contributed by atoms with Gasteiger partial charge in [0, 0.05) is 31.6 Å². The van der Waals surface area contributed by atoms with Gasteiger partial charge in [0.25, 0.3) is 0 Å². The van der Waals surface area contributed by atoms with Crippen molar-refractivity contribution in [3.8, 4) is 0 Å². The number of nitrogens with one attached hydrogen (secondary N) is 1. The lowest BCUT2D eigenvalue weighted by Crippen LogP contribution is -2.52. The first-order valence-corrected chi connectivity index (χ1v) is 10.8. The Bertz CT molecular complexity index is 579. The Morgan fingerprint density at radius 3 is 2.52 bits per heavy atom. The molecule has 27 heavy (non-hydrogen) atoms. The van der Waals surface area contributed by atoms with E-state index < -0.39 is 0 Å². The van der Waals surface area contributed by atoms with Gasteiger partial charge < -0.3 is 10.2 Å². The van der Waals surface area contributed by atoms with Gasteiger partial charge in [0.05, 0.1) is 0 Å². The van der Waals surface area contributed by atoms with E-state index in [1.54, 1.807) is 0 Å². The van der Waals surface area contributed by atoms with Crippen molar-refractivity contribution in [2.24, 2.45) is 5.92 Å². The molecule has 1 aromatic carbocycles. The number of hydrogen-bond acceptors (Lipinski definition) is 3. The van der Waals surface area contributed by atoms with Gasteiger partial charge in [-0.25, -0.2) is 0 Å². The van der Waals surface area contributed by atoms with Crippen LogP contribution in [0.5, 0.6) is 0 Å².